The summed E-state index contributed by atoms with van der Waals surface area (Å²) in [6.07, 6.45) is 1.69. The molecule has 2 aromatic carbocycles. The van der Waals surface area contributed by atoms with Gasteiger partial charge in [-0.15, -0.1) is 0 Å². The van der Waals surface area contributed by atoms with E-state index in [4.69, 9.17) is 0 Å². The lowest BCUT2D eigenvalue weighted by molar-refractivity contribution is -0.143. The highest BCUT2D eigenvalue weighted by atomic mass is 19.4. The Balaban J connectivity index is 1.22. The molecule has 0 radical (unpaired) electrons. The molecular formula is C26H24F5N5O2. The normalized spacial score (nSPS) is 18.2. The Morgan fingerprint density at radius 3 is 2.45 bits per heavy atom. The fraction of sp³-hybridized carbons (Fsp3) is 0.346. The first-order chi connectivity index (χ1) is 18.0. The van der Waals surface area contributed by atoms with Crippen LogP contribution in [0.5, 0.6) is 5.75 Å². The maximum Gasteiger partial charge on any atom is 0.433 e. The third-order valence-electron chi connectivity index (χ3n) is 7.06. The van der Waals surface area contributed by atoms with Crippen LogP contribution in [0.3, 0.4) is 0 Å². The fourth-order valence-corrected chi connectivity index (χ4v) is 5.02. The van der Waals surface area contributed by atoms with Crippen molar-refractivity contribution >= 4 is 16.8 Å². The van der Waals surface area contributed by atoms with E-state index in [2.05, 4.69) is 15.5 Å². The molecule has 0 spiro atoms. The molecule has 1 aliphatic carbocycles. The number of carbonyl (C=O) groups is 1. The van der Waals surface area contributed by atoms with Gasteiger partial charge in [0.25, 0.3) is 5.91 Å². The summed E-state index contributed by atoms with van der Waals surface area (Å²) in [7, 11) is 1.26. The average molecular weight is 534 g/mol. The van der Waals surface area contributed by atoms with E-state index >= 15 is 0 Å². The number of nitrogens with one attached hydrogen (secondary N) is 1. The van der Waals surface area contributed by atoms with E-state index in [1.807, 2.05) is 10.9 Å². The Labute approximate surface area is 213 Å². The fourth-order valence-electron chi connectivity index (χ4n) is 5.02. The Bertz CT molecular complexity index is 1480. The third-order valence-corrected chi connectivity index (χ3v) is 7.06. The molecule has 0 unspecified atom stereocenters. The summed E-state index contributed by atoms with van der Waals surface area (Å²) in [5.74, 6) is -3.97. The number of carbonyl (C=O) groups excluding carboxylic acids is 1. The van der Waals surface area contributed by atoms with Crippen molar-refractivity contribution in [1.29, 1.82) is 0 Å². The van der Waals surface area contributed by atoms with E-state index in [9.17, 15) is 31.9 Å². The minimum atomic E-state index is -4.54. The summed E-state index contributed by atoms with van der Waals surface area (Å²) in [5.41, 5.74) is -0.0554. The zero-order valence-electron chi connectivity index (χ0n) is 20.3. The highest BCUT2D eigenvalue weighted by Crippen LogP contribution is 2.38. The van der Waals surface area contributed by atoms with Crippen LogP contribution in [0.4, 0.5) is 22.0 Å². The number of rotatable bonds is 5. The molecule has 1 amide bonds. The van der Waals surface area contributed by atoms with E-state index in [1.54, 1.807) is 18.2 Å². The second-order valence-electron chi connectivity index (χ2n) is 9.58. The van der Waals surface area contributed by atoms with Crippen molar-refractivity contribution in [2.24, 2.45) is 13.0 Å². The number of amides is 1. The zero-order chi connectivity index (χ0) is 27.2. The van der Waals surface area contributed by atoms with Crippen LogP contribution in [0.15, 0.2) is 42.7 Å². The summed E-state index contributed by atoms with van der Waals surface area (Å²) in [6, 6.07) is 6.69. The molecule has 5 rings (SSSR count). The number of fused-ring (bicyclic) bond motifs is 1. The first-order valence-electron chi connectivity index (χ1n) is 12.1. The standard InChI is InChI=1S/C26H24F5N5O2/c1-35-24(26(29,30)31)19(12-33-35)15-4-5-16-13-36(34-22(16)10-15)18-6-2-14(3-7-18)11-32-25(38)17-8-20(27)23(37)21(28)9-17/h4-5,8-10,12-14,18,37H,2-3,6-7,11H2,1H3,(H,32,38)/t14-,18-. The number of hydrogen-bond acceptors (Lipinski definition) is 4. The number of nitrogens with zero attached hydrogens (tertiary/aromatic N) is 4. The quantitative estimate of drug-likeness (QED) is 0.327. The number of alkyl halides is 3. The zero-order valence-corrected chi connectivity index (χ0v) is 20.3. The van der Waals surface area contributed by atoms with E-state index in [0.29, 0.717) is 17.6 Å². The first-order valence-corrected chi connectivity index (χ1v) is 12.1. The molecule has 7 nitrogen and oxygen atoms in total. The van der Waals surface area contributed by atoms with Crippen LogP contribution >= 0.6 is 0 Å². The van der Waals surface area contributed by atoms with Gasteiger partial charge >= 0.3 is 6.18 Å². The van der Waals surface area contributed by atoms with Gasteiger partial charge in [-0.2, -0.15) is 23.4 Å². The minimum Gasteiger partial charge on any atom is -0.503 e. The van der Waals surface area contributed by atoms with E-state index in [1.165, 1.54) is 13.2 Å². The van der Waals surface area contributed by atoms with Crippen molar-refractivity contribution in [1.82, 2.24) is 24.9 Å². The molecule has 1 fully saturated rings. The van der Waals surface area contributed by atoms with Crippen molar-refractivity contribution < 1.29 is 31.9 Å². The molecule has 0 atom stereocenters. The van der Waals surface area contributed by atoms with Crippen LogP contribution in [0.2, 0.25) is 0 Å². The number of phenolic OH excluding ortho intramolecular Hbond substituents is 1. The van der Waals surface area contributed by atoms with Gasteiger partial charge in [0.05, 0.1) is 17.8 Å². The van der Waals surface area contributed by atoms with Gasteiger partial charge in [-0.1, -0.05) is 12.1 Å². The maximum absolute atomic E-state index is 13.5. The lowest BCUT2D eigenvalue weighted by Crippen LogP contribution is -2.31. The summed E-state index contributed by atoms with van der Waals surface area (Å²) in [6.45, 7) is 0.340. The second kappa shape index (κ2) is 9.73. The van der Waals surface area contributed by atoms with Gasteiger partial charge in [0.1, 0.15) is 5.69 Å². The number of phenols is 1. The number of aryl methyl sites for hydroxylation is 1. The average Bonchev–Trinajstić information content (AvgIpc) is 3.48. The lowest BCUT2D eigenvalue weighted by Gasteiger charge is -2.28. The molecule has 4 aromatic rings. The van der Waals surface area contributed by atoms with E-state index in [-0.39, 0.29) is 23.1 Å². The molecule has 1 saturated carbocycles. The van der Waals surface area contributed by atoms with Crippen LogP contribution in [0.25, 0.3) is 22.0 Å². The van der Waals surface area contributed by atoms with Gasteiger partial charge < -0.3 is 10.4 Å². The highest BCUT2D eigenvalue weighted by Gasteiger charge is 2.37. The molecule has 0 bridgehead atoms. The lowest BCUT2D eigenvalue weighted by atomic mass is 9.86. The molecule has 0 saturated heterocycles. The van der Waals surface area contributed by atoms with Gasteiger partial charge in [0.15, 0.2) is 17.4 Å². The van der Waals surface area contributed by atoms with E-state index in [0.717, 1.165) is 47.9 Å². The SMILES string of the molecule is Cn1ncc(-c2ccc3cn([C@H]4CC[C@H](CNC(=O)c5cc(F)c(O)c(F)c5)CC4)nc3c2)c1C(F)(F)F. The first kappa shape index (κ1) is 25.7. The Morgan fingerprint density at radius 2 is 1.79 bits per heavy atom. The predicted molar refractivity (Wildman–Crippen MR) is 128 cm³/mol. The van der Waals surface area contributed by atoms with Gasteiger partial charge in [0.2, 0.25) is 0 Å². The molecule has 1 aliphatic rings. The molecule has 2 N–H and O–H groups in total. The van der Waals surface area contributed by atoms with E-state index < -0.39 is 35.2 Å². The van der Waals surface area contributed by atoms with Crippen molar-refractivity contribution in [3.8, 4) is 16.9 Å². The van der Waals surface area contributed by atoms with Crippen molar-refractivity contribution in [2.45, 2.75) is 37.9 Å². The van der Waals surface area contributed by atoms with Crippen molar-refractivity contribution in [2.75, 3.05) is 6.54 Å². The molecular weight excluding hydrogens is 509 g/mol. The van der Waals surface area contributed by atoms with Crippen LogP contribution in [-0.4, -0.2) is 37.1 Å². The molecule has 0 aliphatic heterocycles. The summed E-state index contributed by atoms with van der Waals surface area (Å²) in [4.78, 5) is 12.3. The predicted octanol–water partition coefficient (Wildman–Crippen LogP) is 5.60. The number of hydrogen-bond donors (Lipinski definition) is 2. The number of benzene rings is 2. The molecule has 12 heteroatoms. The summed E-state index contributed by atoms with van der Waals surface area (Å²) < 4.78 is 70.2. The summed E-state index contributed by atoms with van der Waals surface area (Å²) in [5, 5.41) is 21.1. The van der Waals surface area contributed by atoms with Crippen LogP contribution < -0.4 is 5.32 Å². The molecule has 38 heavy (non-hydrogen) atoms. The minimum absolute atomic E-state index is 0.00298. The number of aromatic nitrogens is 4. The Morgan fingerprint density at radius 1 is 1.11 bits per heavy atom. The van der Waals surface area contributed by atoms with Gasteiger partial charge in [-0.3, -0.25) is 14.2 Å². The smallest absolute Gasteiger partial charge is 0.433 e. The van der Waals surface area contributed by atoms with Crippen LogP contribution in [0, 0.1) is 17.6 Å². The van der Waals surface area contributed by atoms with Crippen molar-refractivity contribution in [3.05, 3.63) is 65.6 Å². The molecule has 2 heterocycles. The number of aromatic hydroxyl groups is 1. The van der Waals surface area contributed by atoms with Crippen LogP contribution in [0.1, 0.15) is 47.8 Å². The highest BCUT2D eigenvalue weighted by molar-refractivity contribution is 5.94. The molecule has 200 valence electrons. The maximum atomic E-state index is 13.5. The Kier molecular flexibility index (Phi) is 6.58. The van der Waals surface area contributed by atoms with Gasteiger partial charge in [0, 0.05) is 36.3 Å². The topological polar surface area (TPSA) is 85.0 Å². The van der Waals surface area contributed by atoms with Gasteiger partial charge in [-0.25, -0.2) is 8.78 Å². The second-order valence-corrected chi connectivity index (χ2v) is 9.58. The summed E-state index contributed by atoms with van der Waals surface area (Å²) >= 11 is 0. The van der Waals surface area contributed by atoms with Crippen LogP contribution in [-0.2, 0) is 13.2 Å². The molecule has 2 aromatic heterocycles. The monoisotopic (exact) mass is 533 g/mol. The third kappa shape index (κ3) is 4.94. The number of halogens is 5. The largest absolute Gasteiger partial charge is 0.503 e. The van der Waals surface area contributed by atoms with Gasteiger partial charge in [-0.05, 0) is 55.4 Å². The Hall–Kier alpha value is -3.96. The van der Waals surface area contributed by atoms with Crippen molar-refractivity contribution in [3.63, 3.8) is 0 Å².